The number of carbonyl (C=O) groups excluding carboxylic acids is 5. The molecule has 0 bridgehead atoms. The molecule has 0 spiro atoms. The number of carbonyl (C=O) groups is 5. The first-order valence-corrected chi connectivity index (χ1v) is 12.6. The molecule has 0 aromatic heterocycles. The van der Waals surface area contributed by atoms with Crippen molar-refractivity contribution in [2.75, 3.05) is 13.7 Å². The number of halogens is 2. The van der Waals surface area contributed by atoms with Crippen LogP contribution in [0.2, 0.25) is 0 Å². The number of hydrogen-bond acceptors (Lipinski definition) is 6. The summed E-state index contributed by atoms with van der Waals surface area (Å²) in [5.41, 5.74) is -1.46. The number of alkyl carbamates (subject to hydrolysis) is 1. The molecular weight excluding hydrogens is 490 g/mol. The van der Waals surface area contributed by atoms with E-state index in [9.17, 15) is 32.8 Å². The molecule has 4 amide bonds. The molecule has 10 nitrogen and oxygen atoms in total. The third kappa shape index (κ3) is 8.36. The van der Waals surface area contributed by atoms with E-state index in [2.05, 4.69) is 20.7 Å². The fourth-order valence-corrected chi connectivity index (χ4v) is 4.38. The second-order valence-electron chi connectivity index (χ2n) is 11.9. The second-order valence-corrected chi connectivity index (χ2v) is 11.9. The predicted octanol–water partition coefficient (Wildman–Crippen LogP) is 2.15. The summed E-state index contributed by atoms with van der Waals surface area (Å²) in [6.45, 7) is 9.71. The van der Waals surface area contributed by atoms with E-state index in [1.54, 1.807) is 34.6 Å². The number of methoxy groups -OCH3 is 1. The quantitative estimate of drug-likeness (QED) is 0.371. The summed E-state index contributed by atoms with van der Waals surface area (Å²) in [4.78, 5) is 65.6. The summed E-state index contributed by atoms with van der Waals surface area (Å²) in [7, 11) is 1.17. The SMILES string of the molecule is COC(=O)N[C@H](C(=O)N1CCC(C)(C)[C@H]1C(=O)N[C@@H](CCC(C)(F)F)C(=O)C(=O)NC1CC1)C(C)(C)C. The largest absolute Gasteiger partial charge is 0.453 e. The van der Waals surface area contributed by atoms with Crippen molar-refractivity contribution in [2.45, 2.75) is 104 Å². The van der Waals surface area contributed by atoms with Crippen LogP contribution in [0.1, 0.15) is 73.6 Å². The normalized spacial score (nSPS) is 21.0. The lowest BCUT2D eigenvalue weighted by atomic mass is 9.82. The molecule has 12 heteroatoms. The summed E-state index contributed by atoms with van der Waals surface area (Å²) in [5, 5.41) is 7.55. The molecule has 2 aliphatic rings. The van der Waals surface area contributed by atoms with Gasteiger partial charge in [-0.25, -0.2) is 13.6 Å². The fraction of sp³-hybridized carbons (Fsp3) is 0.800. The molecule has 2 fully saturated rings. The highest BCUT2D eigenvalue weighted by Gasteiger charge is 2.50. The highest BCUT2D eigenvalue weighted by atomic mass is 19.3. The molecule has 37 heavy (non-hydrogen) atoms. The molecule has 0 aromatic rings. The number of alkyl halides is 2. The molecule has 0 radical (unpaired) electrons. The zero-order chi connectivity index (χ0) is 28.3. The predicted molar refractivity (Wildman–Crippen MR) is 131 cm³/mol. The van der Waals surface area contributed by atoms with Crippen LogP contribution in [0.3, 0.4) is 0 Å². The molecule has 1 aliphatic heterocycles. The first-order chi connectivity index (χ1) is 16.9. The van der Waals surface area contributed by atoms with Gasteiger partial charge in [0, 0.05) is 19.0 Å². The fourth-order valence-electron chi connectivity index (χ4n) is 4.38. The van der Waals surface area contributed by atoms with Crippen LogP contribution in [-0.2, 0) is 23.9 Å². The lowest BCUT2D eigenvalue weighted by molar-refractivity contribution is -0.145. The average molecular weight is 531 g/mol. The van der Waals surface area contributed by atoms with Gasteiger partial charge in [-0.15, -0.1) is 0 Å². The Kier molecular flexibility index (Phi) is 9.30. The van der Waals surface area contributed by atoms with Crippen molar-refractivity contribution in [2.24, 2.45) is 10.8 Å². The Hall–Kier alpha value is -2.79. The van der Waals surface area contributed by atoms with Gasteiger partial charge in [-0.1, -0.05) is 34.6 Å². The summed E-state index contributed by atoms with van der Waals surface area (Å²) in [6, 6.07) is -3.69. The van der Waals surface area contributed by atoms with Crippen molar-refractivity contribution in [3.05, 3.63) is 0 Å². The van der Waals surface area contributed by atoms with Gasteiger partial charge in [-0.3, -0.25) is 19.2 Å². The van der Waals surface area contributed by atoms with Gasteiger partial charge < -0.3 is 25.6 Å². The van der Waals surface area contributed by atoms with Crippen LogP contribution in [-0.4, -0.2) is 78.2 Å². The summed E-state index contributed by atoms with van der Waals surface area (Å²) < 4.78 is 31.9. The monoisotopic (exact) mass is 530 g/mol. The van der Waals surface area contributed by atoms with Crippen molar-refractivity contribution in [1.29, 1.82) is 0 Å². The molecule has 0 unspecified atom stereocenters. The minimum atomic E-state index is -3.11. The molecule has 1 saturated carbocycles. The van der Waals surface area contributed by atoms with E-state index in [1.165, 1.54) is 12.0 Å². The standard InChI is InChI=1S/C25H40F2N4O6/c1-23(2,3)17(30-22(36)37-7)21(35)31-13-12-24(4,5)18(31)20(34)29-15(10-11-25(6,26)27)16(32)19(33)28-14-8-9-14/h14-15,17-18H,8-13H2,1-7H3,(H,28,33)(H,29,34)(H,30,36)/t15-,17+,18+/m0/s1. The Morgan fingerprint density at radius 2 is 1.65 bits per heavy atom. The smallest absolute Gasteiger partial charge is 0.407 e. The number of ether oxygens (including phenoxy) is 1. The van der Waals surface area contributed by atoms with Crippen molar-refractivity contribution >= 4 is 29.6 Å². The molecule has 3 N–H and O–H groups in total. The molecule has 0 aromatic carbocycles. The average Bonchev–Trinajstić information content (AvgIpc) is 3.52. The lowest BCUT2D eigenvalue weighted by Gasteiger charge is -2.37. The van der Waals surface area contributed by atoms with Crippen LogP contribution < -0.4 is 16.0 Å². The molecule has 1 heterocycles. The summed E-state index contributed by atoms with van der Waals surface area (Å²) in [5.74, 6) is -6.28. The van der Waals surface area contributed by atoms with E-state index < -0.39 is 77.3 Å². The van der Waals surface area contributed by atoms with Crippen LogP contribution in [0.15, 0.2) is 0 Å². The first kappa shape index (κ1) is 30.4. The number of Topliss-reactive ketones (excluding diaryl/α,β-unsaturated/α-hetero) is 1. The van der Waals surface area contributed by atoms with Crippen molar-refractivity contribution in [1.82, 2.24) is 20.9 Å². The van der Waals surface area contributed by atoms with E-state index >= 15 is 0 Å². The number of nitrogens with zero attached hydrogens (tertiary/aromatic N) is 1. The van der Waals surface area contributed by atoms with E-state index in [0.717, 1.165) is 12.8 Å². The van der Waals surface area contributed by atoms with Crippen molar-refractivity contribution in [3.63, 3.8) is 0 Å². The van der Waals surface area contributed by atoms with Gasteiger partial charge in [0.1, 0.15) is 12.1 Å². The number of rotatable bonds is 10. The van der Waals surface area contributed by atoms with Crippen LogP contribution in [0.4, 0.5) is 13.6 Å². The molecule has 1 aliphatic carbocycles. The molecule has 1 saturated heterocycles. The molecule has 3 atom stereocenters. The highest BCUT2D eigenvalue weighted by molar-refractivity contribution is 6.38. The minimum absolute atomic E-state index is 0.126. The van der Waals surface area contributed by atoms with Gasteiger partial charge in [-0.2, -0.15) is 0 Å². The van der Waals surface area contributed by atoms with E-state index in [1.807, 2.05) is 0 Å². The number of amides is 4. The maximum absolute atomic E-state index is 13.6. The summed E-state index contributed by atoms with van der Waals surface area (Å²) in [6.07, 6.45) is -0.0653. The van der Waals surface area contributed by atoms with Gasteiger partial charge in [0.2, 0.25) is 23.5 Å². The van der Waals surface area contributed by atoms with E-state index in [-0.39, 0.29) is 12.6 Å². The maximum Gasteiger partial charge on any atom is 0.407 e. The summed E-state index contributed by atoms with van der Waals surface area (Å²) >= 11 is 0. The maximum atomic E-state index is 13.6. The van der Waals surface area contributed by atoms with Crippen LogP contribution in [0, 0.1) is 10.8 Å². The molecule has 210 valence electrons. The first-order valence-electron chi connectivity index (χ1n) is 12.6. The Bertz CT molecular complexity index is 908. The van der Waals surface area contributed by atoms with E-state index in [4.69, 9.17) is 0 Å². The van der Waals surface area contributed by atoms with Gasteiger partial charge in [-0.05, 0) is 43.4 Å². The molecular formula is C25H40F2N4O6. The van der Waals surface area contributed by atoms with Crippen molar-refractivity contribution in [3.8, 4) is 0 Å². The second kappa shape index (κ2) is 11.3. The Morgan fingerprint density at radius 3 is 2.14 bits per heavy atom. The number of likely N-dealkylation sites (tertiary alicyclic amines) is 1. The van der Waals surface area contributed by atoms with Crippen molar-refractivity contribution < 1.29 is 37.5 Å². The van der Waals surface area contributed by atoms with Gasteiger partial charge in [0.25, 0.3) is 5.91 Å². The topological polar surface area (TPSA) is 134 Å². The van der Waals surface area contributed by atoms with Gasteiger partial charge in [0.05, 0.1) is 13.2 Å². The Balaban J connectivity index is 2.30. The third-order valence-corrected chi connectivity index (χ3v) is 6.78. The van der Waals surface area contributed by atoms with Crippen LogP contribution in [0.25, 0.3) is 0 Å². The zero-order valence-corrected chi connectivity index (χ0v) is 22.7. The highest BCUT2D eigenvalue weighted by Crippen LogP contribution is 2.38. The number of nitrogens with one attached hydrogen (secondary N) is 3. The Labute approximate surface area is 216 Å². The Morgan fingerprint density at radius 1 is 1.05 bits per heavy atom. The molecule has 2 rings (SSSR count). The number of hydrogen-bond donors (Lipinski definition) is 3. The van der Waals surface area contributed by atoms with Gasteiger partial charge >= 0.3 is 6.09 Å². The third-order valence-electron chi connectivity index (χ3n) is 6.78. The minimum Gasteiger partial charge on any atom is -0.453 e. The van der Waals surface area contributed by atoms with E-state index in [0.29, 0.717) is 13.3 Å². The van der Waals surface area contributed by atoms with Gasteiger partial charge in [0.15, 0.2) is 0 Å². The van der Waals surface area contributed by atoms with Crippen LogP contribution >= 0.6 is 0 Å². The lowest BCUT2D eigenvalue weighted by Crippen LogP contribution is -2.61. The zero-order valence-electron chi connectivity index (χ0n) is 22.7. The van der Waals surface area contributed by atoms with Crippen LogP contribution in [0.5, 0.6) is 0 Å². The number of ketones is 1.